The summed E-state index contributed by atoms with van der Waals surface area (Å²) in [5.41, 5.74) is 0.392. The zero-order chi connectivity index (χ0) is 19.3. The molecule has 4 nitrogen and oxygen atoms in total. The smallest absolute Gasteiger partial charge is 0.325 e. The van der Waals surface area contributed by atoms with Crippen molar-refractivity contribution < 1.29 is 22.8 Å². The summed E-state index contributed by atoms with van der Waals surface area (Å²) in [6.07, 6.45) is -4.68. The van der Waals surface area contributed by atoms with Gasteiger partial charge in [0.05, 0.1) is 11.3 Å². The molecule has 2 aromatic carbocycles. The molecular weight excluding hydrogens is 345 g/mol. The second-order valence-electron chi connectivity index (χ2n) is 5.85. The highest BCUT2D eigenvalue weighted by molar-refractivity contribution is 5.95. The van der Waals surface area contributed by atoms with Gasteiger partial charge in [0, 0.05) is 25.6 Å². The molecule has 1 N–H and O–H groups in total. The normalized spacial score (nSPS) is 11.1. The largest absolute Gasteiger partial charge is 0.418 e. The summed E-state index contributed by atoms with van der Waals surface area (Å²) in [6, 6.07) is 12.0. The Balaban J connectivity index is 2.07. The summed E-state index contributed by atoms with van der Waals surface area (Å²) in [6.45, 7) is 3.32. The number of rotatable bonds is 5. The van der Waals surface area contributed by atoms with E-state index in [4.69, 9.17) is 0 Å². The van der Waals surface area contributed by atoms with Gasteiger partial charge in [0.1, 0.15) is 0 Å². The van der Waals surface area contributed by atoms with Crippen molar-refractivity contribution in [2.75, 3.05) is 16.8 Å². The van der Waals surface area contributed by atoms with E-state index >= 15 is 0 Å². The van der Waals surface area contributed by atoms with Crippen LogP contribution in [0, 0.1) is 6.92 Å². The number of para-hydroxylation sites is 1. The van der Waals surface area contributed by atoms with Crippen molar-refractivity contribution in [3.8, 4) is 0 Å². The van der Waals surface area contributed by atoms with Crippen LogP contribution in [-0.4, -0.2) is 18.4 Å². The highest BCUT2D eigenvalue weighted by Gasteiger charge is 2.33. The third-order valence-corrected chi connectivity index (χ3v) is 3.76. The fourth-order valence-corrected chi connectivity index (χ4v) is 2.53. The average Bonchev–Trinajstić information content (AvgIpc) is 2.54. The van der Waals surface area contributed by atoms with Crippen molar-refractivity contribution in [2.45, 2.75) is 26.4 Å². The van der Waals surface area contributed by atoms with Crippen LogP contribution in [0.4, 0.5) is 24.5 Å². The van der Waals surface area contributed by atoms with Crippen LogP contribution in [0.5, 0.6) is 0 Å². The Labute approximate surface area is 149 Å². The number of aryl methyl sites for hydroxylation is 1. The van der Waals surface area contributed by atoms with Crippen LogP contribution in [0.15, 0.2) is 48.5 Å². The van der Waals surface area contributed by atoms with Gasteiger partial charge in [0.15, 0.2) is 0 Å². The second-order valence-corrected chi connectivity index (χ2v) is 5.85. The van der Waals surface area contributed by atoms with Crippen LogP contribution >= 0.6 is 0 Å². The van der Waals surface area contributed by atoms with E-state index in [1.165, 1.54) is 30.0 Å². The summed E-state index contributed by atoms with van der Waals surface area (Å²) in [5, 5.41) is 2.28. The molecule has 0 radical (unpaired) electrons. The lowest BCUT2D eigenvalue weighted by atomic mass is 10.1. The van der Waals surface area contributed by atoms with Crippen molar-refractivity contribution in [1.29, 1.82) is 0 Å². The van der Waals surface area contributed by atoms with Crippen molar-refractivity contribution in [2.24, 2.45) is 0 Å². The summed E-state index contributed by atoms with van der Waals surface area (Å²) in [7, 11) is 0. The van der Waals surface area contributed by atoms with E-state index in [0.717, 1.165) is 11.6 Å². The summed E-state index contributed by atoms with van der Waals surface area (Å²) < 4.78 is 38.9. The van der Waals surface area contributed by atoms with Gasteiger partial charge < -0.3 is 10.2 Å². The Kier molecular flexibility index (Phi) is 6.02. The van der Waals surface area contributed by atoms with Crippen LogP contribution in [-0.2, 0) is 15.8 Å². The van der Waals surface area contributed by atoms with Crippen molar-refractivity contribution in [3.63, 3.8) is 0 Å². The molecule has 0 aliphatic heterocycles. The van der Waals surface area contributed by atoms with Crippen molar-refractivity contribution in [3.05, 3.63) is 59.7 Å². The predicted octanol–water partition coefficient (Wildman–Crippen LogP) is 4.40. The Morgan fingerprint density at radius 2 is 1.77 bits per heavy atom. The first kappa shape index (κ1) is 19.5. The third kappa shape index (κ3) is 5.08. The summed E-state index contributed by atoms with van der Waals surface area (Å²) in [5.74, 6) is -0.848. The molecule has 0 unspecified atom stereocenters. The number of nitrogens with one attached hydrogen (secondary N) is 1. The second kappa shape index (κ2) is 8.03. The minimum absolute atomic E-state index is 0.0683. The molecule has 0 aliphatic carbocycles. The monoisotopic (exact) mass is 364 g/mol. The molecule has 0 atom stereocenters. The maximum absolute atomic E-state index is 13.0. The van der Waals surface area contributed by atoms with E-state index in [1.807, 2.05) is 13.0 Å². The van der Waals surface area contributed by atoms with Gasteiger partial charge in [-0.05, 0) is 36.8 Å². The minimum atomic E-state index is -4.56. The number of hydrogen-bond acceptors (Lipinski definition) is 2. The highest BCUT2D eigenvalue weighted by Crippen LogP contribution is 2.34. The van der Waals surface area contributed by atoms with E-state index in [1.54, 1.807) is 18.2 Å². The van der Waals surface area contributed by atoms with E-state index in [0.29, 0.717) is 5.69 Å². The van der Waals surface area contributed by atoms with E-state index < -0.39 is 17.6 Å². The van der Waals surface area contributed by atoms with Gasteiger partial charge in [-0.2, -0.15) is 13.2 Å². The first-order valence-corrected chi connectivity index (χ1v) is 7.99. The number of carbonyl (C=O) groups excluding carboxylic acids is 2. The Morgan fingerprint density at radius 3 is 2.38 bits per heavy atom. The number of nitrogens with zero attached hydrogens (tertiary/aromatic N) is 1. The Hall–Kier alpha value is -2.83. The topological polar surface area (TPSA) is 49.4 Å². The maximum Gasteiger partial charge on any atom is 0.418 e. The molecule has 2 aromatic rings. The summed E-state index contributed by atoms with van der Waals surface area (Å²) >= 11 is 0. The molecule has 0 bridgehead atoms. The maximum atomic E-state index is 13.0. The molecule has 7 heteroatoms. The molecule has 26 heavy (non-hydrogen) atoms. The number of amides is 2. The average molecular weight is 364 g/mol. The fraction of sp³-hybridized carbons (Fsp3) is 0.263. The first-order chi connectivity index (χ1) is 12.2. The zero-order valence-corrected chi connectivity index (χ0v) is 14.4. The van der Waals surface area contributed by atoms with E-state index in [-0.39, 0.29) is 24.6 Å². The predicted molar refractivity (Wildman–Crippen MR) is 93.9 cm³/mol. The Bertz CT molecular complexity index is 803. The lowest BCUT2D eigenvalue weighted by molar-refractivity contribution is -0.137. The van der Waals surface area contributed by atoms with E-state index in [9.17, 15) is 22.8 Å². The van der Waals surface area contributed by atoms with Gasteiger partial charge in [0.25, 0.3) is 0 Å². The molecule has 0 heterocycles. The molecule has 0 spiro atoms. The van der Waals surface area contributed by atoms with Gasteiger partial charge in [-0.1, -0.05) is 24.3 Å². The molecule has 138 valence electrons. The molecular formula is C19H19F3N2O2. The molecule has 2 rings (SSSR count). The zero-order valence-electron chi connectivity index (χ0n) is 14.4. The summed E-state index contributed by atoms with van der Waals surface area (Å²) in [4.78, 5) is 25.4. The van der Waals surface area contributed by atoms with Gasteiger partial charge in [-0.15, -0.1) is 0 Å². The van der Waals surface area contributed by atoms with Crippen LogP contribution < -0.4 is 10.2 Å². The van der Waals surface area contributed by atoms with Crippen molar-refractivity contribution in [1.82, 2.24) is 0 Å². The number of alkyl halides is 3. The van der Waals surface area contributed by atoms with Crippen LogP contribution in [0.25, 0.3) is 0 Å². The number of hydrogen-bond donors (Lipinski definition) is 1. The molecule has 0 saturated heterocycles. The standard InChI is InChI=1S/C19H19F3N2O2/c1-13-6-5-7-15(12-13)24(14(2)25)11-10-18(26)23-17-9-4-3-8-16(17)19(20,21)22/h3-9,12H,10-11H2,1-2H3,(H,23,26). The van der Waals surface area contributed by atoms with Gasteiger partial charge in [-0.3, -0.25) is 9.59 Å². The van der Waals surface area contributed by atoms with Gasteiger partial charge >= 0.3 is 6.18 Å². The van der Waals surface area contributed by atoms with Crippen LogP contribution in [0.2, 0.25) is 0 Å². The molecule has 0 aromatic heterocycles. The Morgan fingerprint density at radius 1 is 1.08 bits per heavy atom. The number of carbonyl (C=O) groups is 2. The minimum Gasteiger partial charge on any atom is -0.325 e. The lowest BCUT2D eigenvalue weighted by Crippen LogP contribution is -2.32. The molecule has 0 saturated carbocycles. The fourth-order valence-electron chi connectivity index (χ4n) is 2.53. The third-order valence-electron chi connectivity index (χ3n) is 3.76. The van der Waals surface area contributed by atoms with Gasteiger partial charge in [0.2, 0.25) is 11.8 Å². The first-order valence-electron chi connectivity index (χ1n) is 7.99. The van der Waals surface area contributed by atoms with Crippen LogP contribution in [0.3, 0.4) is 0 Å². The highest BCUT2D eigenvalue weighted by atomic mass is 19.4. The van der Waals surface area contributed by atoms with Crippen molar-refractivity contribution >= 4 is 23.2 Å². The number of benzene rings is 2. The van der Waals surface area contributed by atoms with E-state index in [2.05, 4.69) is 5.32 Å². The SMILES string of the molecule is CC(=O)N(CCC(=O)Nc1ccccc1C(F)(F)F)c1cccc(C)c1. The number of anilines is 2. The molecule has 0 aliphatic rings. The number of halogens is 3. The lowest BCUT2D eigenvalue weighted by Gasteiger charge is -2.21. The van der Waals surface area contributed by atoms with Crippen LogP contribution in [0.1, 0.15) is 24.5 Å². The quantitative estimate of drug-likeness (QED) is 0.855. The molecule has 2 amide bonds. The van der Waals surface area contributed by atoms with Gasteiger partial charge in [-0.25, -0.2) is 0 Å². The molecule has 0 fully saturated rings.